The molecule has 0 saturated heterocycles. The van der Waals surface area contributed by atoms with Crippen molar-refractivity contribution < 1.29 is 13.6 Å². The van der Waals surface area contributed by atoms with Crippen LogP contribution in [-0.2, 0) is 0 Å². The van der Waals surface area contributed by atoms with E-state index >= 15 is 0 Å². The molecule has 0 aliphatic carbocycles. The van der Waals surface area contributed by atoms with Crippen LogP contribution in [0.4, 0.5) is 14.5 Å². The van der Waals surface area contributed by atoms with Gasteiger partial charge in [0.05, 0.1) is 11.3 Å². The molecule has 1 aromatic carbocycles. The number of hydrogen-bond donors (Lipinski definition) is 2. The van der Waals surface area contributed by atoms with Gasteiger partial charge >= 0.3 is 0 Å². The molecule has 118 valence electrons. The predicted octanol–water partition coefficient (Wildman–Crippen LogP) is 2.40. The Morgan fingerprint density at radius 1 is 1.24 bits per heavy atom. The maximum Gasteiger partial charge on any atom is 0.254 e. The lowest BCUT2D eigenvalue weighted by Gasteiger charge is -2.30. The molecule has 0 atom stereocenters. The molecule has 0 bridgehead atoms. The topological polar surface area (TPSA) is 58.4 Å². The molecule has 0 unspecified atom stereocenters. The van der Waals surface area contributed by atoms with Crippen LogP contribution in [0.15, 0.2) is 12.1 Å². The number of halogens is 2. The predicted molar refractivity (Wildman–Crippen MR) is 80.1 cm³/mol. The van der Waals surface area contributed by atoms with Crippen molar-refractivity contribution in [2.24, 2.45) is 0 Å². The van der Waals surface area contributed by atoms with Crippen molar-refractivity contribution in [3.8, 4) is 0 Å². The molecule has 3 N–H and O–H groups in total. The molecule has 1 amide bonds. The zero-order valence-electron chi connectivity index (χ0n) is 12.9. The molecule has 1 rings (SSSR count). The van der Waals surface area contributed by atoms with Crippen LogP contribution in [0.1, 0.15) is 38.1 Å². The molecule has 6 heteroatoms. The largest absolute Gasteiger partial charge is 0.396 e. The number of carbonyl (C=O) groups excluding carboxylic acids is 1. The lowest BCUT2D eigenvalue weighted by Crippen LogP contribution is -2.42. The summed E-state index contributed by atoms with van der Waals surface area (Å²) in [6.07, 6.45) is 0. The number of carbonyl (C=O) groups is 1. The number of nitrogens with zero attached hydrogens (tertiary/aromatic N) is 1. The highest BCUT2D eigenvalue weighted by Crippen LogP contribution is 2.17. The first-order valence-electron chi connectivity index (χ1n) is 7.02. The lowest BCUT2D eigenvalue weighted by molar-refractivity contribution is 0.0935. The summed E-state index contributed by atoms with van der Waals surface area (Å²) in [5.41, 5.74) is 4.58. The summed E-state index contributed by atoms with van der Waals surface area (Å²) in [6, 6.07) is 2.38. The average Bonchev–Trinajstić information content (AvgIpc) is 2.37. The van der Waals surface area contributed by atoms with Crippen LogP contribution >= 0.6 is 0 Å². The maximum atomic E-state index is 13.7. The van der Waals surface area contributed by atoms with E-state index in [0.29, 0.717) is 25.2 Å². The second-order valence-corrected chi connectivity index (χ2v) is 5.54. The Labute approximate surface area is 124 Å². The second kappa shape index (κ2) is 7.36. The van der Waals surface area contributed by atoms with E-state index in [0.717, 1.165) is 12.1 Å². The number of nitrogens with one attached hydrogen (secondary N) is 1. The van der Waals surface area contributed by atoms with Gasteiger partial charge in [-0.1, -0.05) is 0 Å². The van der Waals surface area contributed by atoms with Crippen molar-refractivity contribution >= 4 is 11.6 Å². The highest BCUT2D eigenvalue weighted by molar-refractivity contribution is 5.95. The fourth-order valence-electron chi connectivity index (χ4n) is 2.28. The number of nitrogen functional groups attached to an aromatic ring is 1. The maximum absolute atomic E-state index is 13.7. The number of hydrogen-bond acceptors (Lipinski definition) is 3. The number of rotatable bonds is 6. The van der Waals surface area contributed by atoms with Crippen LogP contribution < -0.4 is 11.1 Å². The van der Waals surface area contributed by atoms with Crippen molar-refractivity contribution in [1.29, 1.82) is 0 Å². The Morgan fingerprint density at radius 2 is 1.81 bits per heavy atom. The van der Waals surface area contributed by atoms with Gasteiger partial charge in [-0.2, -0.15) is 0 Å². The highest BCUT2D eigenvalue weighted by Gasteiger charge is 2.17. The van der Waals surface area contributed by atoms with Gasteiger partial charge in [0, 0.05) is 25.2 Å². The molecule has 0 fully saturated rings. The van der Waals surface area contributed by atoms with E-state index in [-0.39, 0.29) is 11.3 Å². The number of anilines is 1. The van der Waals surface area contributed by atoms with E-state index < -0.39 is 17.5 Å². The fraction of sp³-hybridized carbons (Fsp3) is 0.533. The van der Waals surface area contributed by atoms with Gasteiger partial charge in [-0.3, -0.25) is 9.69 Å². The smallest absolute Gasteiger partial charge is 0.254 e. The molecule has 0 aliphatic heterocycles. The van der Waals surface area contributed by atoms with E-state index in [9.17, 15) is 13.6 Å². The first-order chi connectivity index (χ1) is 9.73. The first-order valence-corrected chi connectivity index (χ1v) is 7.02. The Kier molecular flexibility index (Phi) is 6.08. The minimum atomic E-state index is -0.890. The normalized spacial score (nSPS) is 11.5. The zero-order chi connectivity index (χ0) is 16.2. The summed E-state index contributed by atoms with van der Waals surface area (Å²) >= 11 is 0. The zero-order valence-corrected chi connectivity index (χ0v) is 12.9. The number of benzene rings is 1. The monoisotopic (exact) mass is 299 g/mol. The SMILES string of the molecule is CC(C)N(CCNC(=O)c1cc(F)cc(N)c1F)C(C)C. The summed E-state index contributed by atoms with van der Waals surface area (Å²) in [6.45, 7) is 9.24. The Balaban J connectivity index is 2.67. The third-order valence-corrected chi connectivity index (χ3v) is 3.29. The van der Waals surface area contributed by atoms with E-state index in [1.165, 1.54) is 0 Å². The lowest BCUT2D eigenvalue weighted by atomic mass is 10.1. The summed E-state index contributed by atoms with van der Waals surface area (Å²) in [7, 11) is 0. The van der Waals surface area contributed by atoms with Gasteiger partial charge in [0.25, 0.3) is 5.91 Å². The Bertz CT molecular complexity index is 496. The van der Waals surface area contributed by atoms with Crippen molar-refractivity contribution in [3.63, 3.8) is 0 Å². The van der Waals surface area contributed by atoms with Gasteiger partial charge in [-0.05, 0) is 39.8 Å². The Morgan fingerprint density at radius 3 is 2.33 bits per heavy atom. The fourth-order valence-corrected chi connectivity index (χ4v) is 2.28. The molecule has 0 saturated carbocycles. The molecular weight excluding hydrogens is 276 g/mol. The van der Waals surface area contributed by atoms with E-state index in [2.05, 4.69) is 37.9 Å². The van der Waals surface area contributed by atoms with Crippen molar-refractivity contribution in [1.82, 2.24) is 10.2 Å². The van der Waals surface area contributed by atoms with Crippen LogP contribution in [0.25, 0.3) is 0 Å². The third-order valence-electron chi connectivity index (χ3n) is 3.29. The quantitative estimate of drug-likeness (QED) is 0.793. The second-order valence-electron chi connectivity index (χ2n) is 5.54. The molecule has 0 heterocycles. The van der Waals surface area contributed by atoms with Crippen molar-refractivity contribution in [2.45, 2.75) is 39.8 Å². The standard InChI is InChI=1S/C15H23F2N3O/c1-9(2)20(10(3)4)6-5-19-15(21)12-7-11(16)8-13(18)14(12)17/h7-10H,5-6,18H2,1-4H3,(H,19,21). The Hall–Kier alpha value is -1.69. The highest BCUT2D eigenvalue weighted by atomic mass is 19.1. The van der Waals surface area contributed by atoms with Crippen molar-refractivity contribution in [3.05, 3.63) is 29.3 Å². The molecule has 0 aliphatic rings. The molecular formula is C15H23F2N3O. The van der Waals surface area contributed by atoms with Gasteiger partial charge in [-0.25, -0.2) is 8.78 Å². The third kappa shape index (κ3) is 4.67. The minimum absolute atomic E-state index is 0.337. The molecule has 0 spiro atoms. The van der Waals surface area contributed by atoms with Gasteiger partial charge in [-0.15, -0.1) is 0 Å². The first kappa shape index (κ1) is 17.4. The van der Waals surface area contributed by atoms with Gasteiger partial charge < -0.3 is 11.1 Å². The van der Waals surface area contributed by atoms with Gasteiger partial charge in [0.2, 0.25) is 0 Å². The van der Waals surface area contributed by atoms with E-state index in [4.69, 9.17) is 5.73 Å². The van der Waals surface area contributed by atoms with Crippen LogP contribution in [0, 0.1) is 11.6 Å². The molecule has 4 nitrogen and oxygen atoms in total. The summed E-state index contributed by atoms with van der Waals surface area (Å²) in [4.78, 5) is 14.1. The van der Waals surface area contributed by atoms with Crippen LogP contribution in [0.5, 0.6) is 0 Å². The van der Waals surface area contributed by atoms with Crippen LogP contribution in [-0.4, -0.2) is 36.0 Å². The van der Waals surface area contributed by atoms with Gasteiger partial charge in [0.15, 0.2) is 5.82 Å². The molecule has 1 aromatic rings. The molecule has 21 heavy (non-hydrogen) atoms. The van der Waals surface area contributed by atoms with E-state index in [1.807, 2.05) is 0 Å². The van der Waals surface area contributed by atoms with Gasteiger partial charge in [0.1, 0.15) is 5.82 Å². The number of amides is 1. The van der Waals surface area contributed by atoms with Crippen LogP contribution in [0.3, 0.4) is 0 Å². The summed E-state index contributed by atoms with van der Waals surface area (Å²) in [5, 5.41) is 2.59. The van der Waals surface area contributed by atoms with Crippen LogP contribution in [0.2, 0.25) is 0 Å². The molecule has 0 radical (unpaired) electrons. The minimum Gasteiger partial charge on any atom is -0.396 e. The van der Waals surface area contributed by atoms with Crippen molar-refractivity contribution in [2.75, 3.05) is 18.8 Å². The average molecular weight is 299 g/mol. The summed E-state index contributed by atoms with van der Waals surface area (Å²) in [5.74, 6) is -2.28. The van der Waals surface area contributed by atoms with E-state index in [1.54, 1.807) is 0 Å². The summed E-state index contributed by atoms with van der Waals surface area (Å²) < 4.78 is 26.9. The molecule has 0 aromatic heterocycles. The number of nitrogens with two attached hydrogens (primary N) is 1.